The maximum absolute atomic E-state index is 12.5. The summed E-state index contributed by atoms with van der Waals surface area (Å²) < 4.78 is 28.8. The zero-order valence-electron chi connectivity index (χ0n) is 16.8. The summed E-state index contributed by atoms with van der Waals surface area (Å²) in [6.45, 7) is -1.78. The van der Waals surface area contributed by atoms with Gasteiger partial charge < -0.3 is 15.4 Å². The van der Waals surface area contributed by atoms with Crippen molar-refractivity contribution in [2.45, 2.75) is 6.61 Å². The van der Waals surface area contributed by atoms with Gasteiger partial charge in [-0.25, -0.2) is 9.97 Å². The number of ether oxygens (including phenoxy) is 1. The largest absolute Gasteiger partial charge is 0.435 e. The Morgan fingerprint density at radius 2 is 1.72 bits per heavy atom. The van der Waals surface area contributed by atoms with Crippen LogP contribution < -0.4 is 15.4 Å². The van der Waals surface area contributed by atoms with E-state index in [1.807, 2.05) is 0 Å². The number of amides is 2. The smallest absolute Gasteiger partial charge is 0.387 e. The Balaban J connectivity index is 1.39. The molecular formula is C22H19F2N5O3. The van der Waals surface area contributed by atoms with Crippen LogP contribution in [0.1, 0.15) is 10.4 Å². The lowest BCUT2D eigenvalue weighted by Gasteiger charge is -2.25. The molecule has 164 valence electrons. The number of anilines is 2. The summed E-state index contributed by atoms with van der Waals surface area (Å²) in [6, 6.07) is 12.9. The fourth-order valence-corrected chi connectivity index (χ4v) is 3.17. The number of nitrogens with one attached hydrogen (secondary N) is 2. The Morgan fingerprint density at radius 1 is 1.03 bits per heavy atom. The van der Waals surface area contributed by atoms with Crippen molar-refractivity contribution < 1.29 is 23.1 Å². The van der Waals surface area contributed by atoms with E-state index in [9.17, 15) is 18.4 Å². The van der Waals surface area contributed by atoms with E-state index in [2.05, 4.69) is 25.3 Å². The highest BCUT2D eigenvalue weighted by Gasteiger charge is 2.25. The minimum Gasteiger partial charge on any atom is -0.435 e. The number of halogens is 2. The van der Waals surface area contributed by atoms with Gasteiger partial charge >= 0.3 is 6.61 Å². The minimum absolute atomic E-state index is 0.0752. The summed E-state index contributed by atoms with van der Waals surface area (Å²) in [5, 5.41) is 5.97. The molecule has 1 fully saturated rings. The third kappa shape index (κ3) is 5.03. The number of hydrogen-bond donors (Lipinski definition) is 2. The fourth-order valence-electron chi connectivity index (χ4n) is 3.17. The molecular weight excluding hydrogens is 420 g/mol. The predicted molar refractivity (Wildman–Crippen MR) is 113 cm³/mol. The third-order valence-electron chi connectivity index (χ3n) is 4.79. The second-order valence-electron chi connectivity index (χ2n) is 6.93. The molecule has 0 spiro atoms. The van der Waals surface area contributed by atoms with Crippen molar-refractivity contribution in [2.24, 2.45) is 0 Å². The van der Waals surface area contributed by atoms with Crippen LogP contribution in [0, 0.1) is 0 Å². The quantitative estimate of drug-likeness (QED) is 0.570. The minimum atomic E-state index is -2.87. The maximum Gasteiger partial charge on any atom is 0.387 e. The van der Waals surface area contributed by atoms with Gasteiger partial charge in [-0.2, -0.15) is 8.78 Å². The van der Waals surface area contributed by atoms with Crippen LogP contribution in [0.5, 0.6) is 5.75 Å². The number of nitrogens with zero attached hydrogens (tertiary/aromatic N) is 3. The molecule has 0 saturated carbocycles. The van der Waals surface area contributed by atoms with Crippen LogP contribution in [-0.4, -0.2) is 52.9 Å². The van der Waals surface area contributed by atoms with Crippen LogP contribution in [0.3, 0.4) is 0 Å². The molecule has 1 saturated heterocycles. The molecule has 4 rings (SSSR count). The molecule has 0 unspecified atom stereocenters. The summed E-state index contributed by atoms with van der Waals surface area (Å²) in [7, 11) is 0. The van der Waals surface area contributed by atoms with Crippen molar-refractivity contribution in [3.05, 3.63) is 66.5 Å². The molecule has 2 aromatic carbocycles. The molecule has 10 heteroatoms. The highest BCUT2D eigenvalue weighted by atomic mass is 19.3. The molecule has 1 aliphatic rings. The number of benzene rings is 2. The number of hydrogen-bond acceptors (Lipinski definition) is 7. The van der Waals surface area contributed by atoms with Crippen molar-refractivity contribution in [1.29, 1.82) is 0 Å². The number of carbonyl (C=O) groups is 2. The number of rotatable bonds is 6. The molecule has 8 nitrogen and oxygen atoms in total. The van der Waals surface area contributed by atoms with E-state index < -0.39 is 6.61 Å². The van der Waals surface area contributed by atoms with E-state index in [0.29, 0.717) is 35.9 Å². The summed E-state index contributed by atoms with van der Waals surface area (Å²) in [4.78, 5) is 34.2. The van der Waals surface area contributed by atoms with Gasteiger partial charge in [0.15, 0.2) is 0 Å². The van der Waals surface area contributed by atoms with Crippen LogP contribution in [0.4, 0.5) is 20.4 Å². The van der Waals surface area contributed by atoms with Gasteiger partial charge in [0.2, 0.25) is 11.9 Å². The van der Waals surface area contributed by atoms with Crippen molar-refractivity contribution in [2.75, 3.05) is 25.0 Å². The summed E-state index contributed by atoms with van der Waals surface area (Å²) >= 11 is 0. The Labute approximate surface area is 182 Å². The Bertz CT molecular complexity index is 1090. The van der Waals surface area contributed by atoms with Crippen LogP contribution in [0.15, 0.2) is 60.9 Å². The highest BCUT2D eigenvalue weighted by molar-refractivity contribution is 6.05. The lowest BCUT2D eigenvalue weighted by atomic mass is 10.1. The van der Waals surface area contributed by atoms with Gasteiger partial charge in [-0.05, 0) is 42.0 Å². The van der Waals surface area contributed by atoms with Crippen LogP contribution in [-0.2, 0) is 4.79 Å². The Hall–Kier alpha value is -3.92. The van der Waals surface area contributed by atoms with Gasteiger partial charge in [0.05, 0.1) is 6.54 Å². The second kappa shape index (κ2) is 9.48. The molecule has 0 bridgehead atoms. The molecule has 32 heavy (non-hydrogen) atoms. The average molecular weight is 439 g/mol. The average Bonchev–Trinajstić information content (AvgIpc) is 2.80. The summed E-state index contributed by atoms with van der Waals surface area (Å²) in [5.41, 5.74) is 2.56. The third-order valence-corrected chi connectivity index (χ3v) is 4.79. The summed E-state index contributed by atoms with van der Waals surface area (Å²) in [6.07, 6.45) is 3.21. The van der Waals surface area contributed by atoms with Gasteiger partial charge in [0.25, 0.3) is 5.91 Å². The van der Waals surface area contributed by atoms with Crippen LogP contribution >= 0.6 is 0 Å². The second-order valence-corrected chi connectivity index (χ2v) is 6.93. The van der Waals surface area contributed by atoms with E-state index in [-0.39, 0.29) is 24.1 Å². The number of alkyl halides is 2. The lowest BCUT2D eigenvalue weighted by molar-refractivity contribution is -0.129. The predicted octanol–water partition coefficient (Wildman–Crippen LogP) is 3.06. The van der Waals surface area contributed by atoms with Gasteiger partial charge in [-0.15, -0.1) is 0 Å². The first-order valence-corrected chi connectivity index (χ1v) is 9.79. The number of piperazine rings is 1. The lowest BCUT2D eigenvalue weighted by Crippen LogP contribution is -2.50. The van der Waals surface area contributed by atoms with Gasteiger partial charge in [-0.3, -0.25) is 14.5 Å². The van der Waals surface area contributed by atoms with Crippen LogP contribution in [0.2, 0.25) is 0 Å². The van der Waals surface area contributed by atoms with Crippen molar-refractivity contribution in [3.63, 3.8) is 0 Å². The molecule has 0 radical (unpaired) electrons. The van der Waals surface area contributed by atoms with E-state index in [1.54, 1.807) is 48.8 Å². The fraction of sp³-hybridized carbons (Fsp3) is 0.182. The Kier molecular flexibility index (Phi) is 6.31. The topological polar surface area (TPSA) is 96.5 Å². The monoisotopic (exact) mass is 439 g/mol. The van der Waals surface area contributed by atoms with E-state index in [0.717, 1.165) is 5.56 Å². The Morgan fingerprint density at radius 3 is 2.34 bits per heavy atom. The van der Waals surface area contributed by atoms with Crippen molar-refractivity contribution in [1.82, 2.24) is 20.2 Å². The highest BCUT2D eigenvalue weighted by Crippen LogP contribution is 2.23. The first kappa shape index (κ1) is 21.3. The molecule has 0 aliphatic carbocycles. The molecule has 1 aromatic heterocycles. The molecule has 3 aromatic rings. The molecule has 0 atom stereocenters. The molecule has 2 amide bonds. The van der Waals surface area contributed by atoms with Crippen molar-refractivity contribution >= 4 is 23.5 Å². The summed E-state index contributed by atoms with van der Waals surface area (Å²) in [5.74, 6) is -0.143. The molecule has 2 heterocycles. The standard InChI is InChI=1S/C22H19F2N5O3/c23-21(24)32-18-7-3-14(4-8-18)16-11-26-22(27-12-16)28-17-5-1-15(2-6-17)20(31)29-10-9-25-13-19(29)30/h1-8,11-12,21,25H,9-10,13H2,(H,26,27,28). The van der Waals surface area contributed by atoms with Crippen molar-refractivity contribution in [3.8, 4) is 16.9 Å². The maximum atomic E-state index is 12.5. The number of carbonyl (C=O) groups excluding carboxylic acids is 2. The normalized spacial score (nSPS) is 13.8. The van der Waals surface area contributed by atoms with Gasteiger partial charge in [-0.1, -0.05) is 12.1 Å². The zero-order valence-corrected chi connectivity index (χ0v) is 16.8. The zero-order chi connectivity index (χ0) is 22.5. The molecule has 1 aliphatic heterocycles. The number of imide groups is 1. The number of aromatic nitrogens is 2. The van der Waals surface area contributed by atoms with Crippen LogP contribution in [0.25, 0.3) is 11.1 Å². The first-order valence-electron chi connectivity index (χ1n) is 9.79. The molecule has 2 N–H and O–H groups in total. The van der Waals surface area contributed by atoms with Gasteiger partial charge in [0.1, 0.15) is 5.75 Å². The van der Waals surface area contributed by atoms with E-state index in [1.165, 1.54) is 17.0 Å². The van der Waals surface area contributed by atoms with Gasteiger partial charge in [0, 0.05) is 42.3 Å². The first-order chi connectivity index (χ1) is 15.5. The SMILES string of the molecule is O=C1CNCCN1C(=O)c1ccc(Nc2ncc(-c3ccc(OC(F)F)cc3)cn2)cc1. The van der Waals surface area contributed by atoms with E-state index in [4.69, 9.17) is 0 Å². The van der Waals surface area contributed by atoms with E-state index >= 15 is 0 Å².